The van der Waals surface area contributed by atoms with E-state index in [0.717, 1.165) is 22.8 Å². The van der Waals surface area contributed by atoms with Crippen LogP contribution >= 0.6 is 0 Å². The molecule has 2 atom stereocenters. The molecule has 31 heavy (non-hydrogen) atoms. The van der Waals surface area contributed by atoms with Crippen molar-refractivity contribution in [3.8, 4) is 0 Å². The monoisotopic (exact) mass is 417 g/mol. The largest absolute Gasteiger partial charge is 0.368 e. The molecule has 2 aliphatic heterocycles. The Morgan fingerprint density at radius 3 is 2.39 bits per heavy atom. The van der Waals surface area contributed by atoms with Crippen molar-refractivity contribution in [1.29, 1.82) is 0 Å². The van der Waals surface area contributed by atoms with Crippen molar-refractivity contribution in [2.45, 2.75) is 13.0 Å². The predicted molar refractivity (Wildman–Crippen MR) is 118 cm³/mol. The quantitative estimate of drug-likeness (QED) is 0.653. The van der Waals surface area contributed by atoms with Crippen molar-refractivity contribution in [2.75, 3.05) is 31.1 Å². The molecule has 0 radical (unpaired) electrons. The average Bonchev–Trinajstić information content (AvgIpc) is 3.27. The number of aromatic nitrogens is 2. The summed E-state index contributed by atoms with van der Waals surface area (Å²) in [5, 5.41) is 4.49. The molecule has 2 aliphatic rings. The van der Waals surface area contributed by atoms with Crippen LogP contribution in [-0.4, -0.2) is 52.5 Å². The van der Waals surface area contributed by atoms with E-state index in [-0.39, 0.29) is 17.8 Å². The van der Waals surface area contributed by atoms with E-state index in [4.69, 9.17) is 0 Å². The van der Waals surface area contributed by atoms with Gasteiger partial charge < -0.3 is 9.80 Å². The zero-order chi connectivity index (χ0) is 21.4. The van der Waals surface area contributed by atoms with Crippen molar-refractivity contribution in [3.05, 3.63) is 78.2 Å². The topological polar surface area (TPSA) is 53.7 Å². The van der Waals surface area contributed by atoms with Crippen LogP contribution < -0.4 is 4.90 Å². The molecule has 0 bridgehead atoms. The third-order valence-corrected chi connectivity index (χ3v) is 6.16. The summed E-state index contributed by atoms with van der Waals surface area (Å²) in [6.45, 7) is 4.59. The average molecular weight is 417 g/mol. The first kappa shape index (κ1) is 19.5. The Bertz CT molecular complexity index is 1100. The molecule has 0 spiro atoms. The third-order valence-electron chi connectivity index (χ3n) is 6.16. The van der Waals surface area contributed by atoms with E-state index in [0.29, 0.717) is 26.2 Å². The molecule has 0 saturated carbocycles. The highest BCUT2D eigenvalue weighted by atomic mass is 19.1. The molecule has 1 fully saturated rings. The number of amides is 1. The van der Waals surface area contributed by atoms with Crippen LogP contribution in [0.3, 0.4) is 0 Å². The van der Waals surface area contributed by atoms with Gasteiger partial charge >= 0.3 is 0 Å². The van der Waals surface area contributed by atoms with Gasteiger partial charge in [-0.25, -0.2) is 14.1 Å². The van der Waals surface area contributed by atoms with Crippen LogP contribution in [0.15, 0.2) is 71.9 Å². The molecule has 3 aromatic rings. The molecule has 0 N–H and O–H groups in total. The zero-order valence-electron chi connectivity index (χ0n) is 17.4. The molecule has 2 aromatic carbocycles. The summed E-state index contributed by atoms with van der Waals surface area (Å²) in [6.07, 6.45) is 1.73. The second-order valence-electron chi connectivity index (χ2n) is 8.01. The number of rotatable bonds is 3. The maximum Gasteiger partial charge on any atom is 0.234 e. The molecule has 7 heteroatoms. The molecule has 2 unspecified atom stereocenters. The molecule has 158 valence electrons. The molecule has 1 aromatic heterocycles. The SMILES string of the molecule is CC1=Nc2ccnn2C(c2ccccc2)C1C(=O)N1CCN(c2ccc(F)cc2)CC1. The number of fused-ring (bicyclic) bond motifs is 1. The lowest BCUT2D eigenvalue weighted by atomic mass is 9.87. The number of benzene rings is 2. The number of aliphatic imine (C=N–C) groups is 1. The Balaban J connectivity index is 1.38. The van der Waals surface area contributed by atoms with Crippen molar-refractivity contribution in [2.24, 2.45) is 10.9 Å². The lowest BCUT2D eigenvalue weighted by Gasteiger charge is -2.40. The van der Waals surface area contributed by atoms with Gasteiger partial charge in [0.1, 0.15) is 11.7 Å². The van der Waals surface area contributed by atoms with E-state index >= 15 is 0 Å². The van der Waals surface area contributed by atoms with Gasteiger partial charge in [-0.3, -0.25) is 4.79 Å². The van der Waals surface area contributed by atoms with Gasteiger partial charge in [0.15, 0.2) is 5.82 Å². The number of anilines is 1. The van der Waals surface area contributed by atoms with E-state index in [1.54, 1.807) is 18.3 Å². The van der Waals surface area contributed by atoms with Crippen LogP contribution in [0, 0.1) is 11.7 Å². The Hall–Kier alpha value is -3.48. The Morgan fingerprint density at radius 1 is 0.968 bits per heavy atom. The minimum absolute atomic E-state index is 0.0787. The third kappa shape index (κ3) is 3.60. The fraction of sp³-hybridized carbons (Fsp3) is 0.292. The van der Waals surface area contributed by atoms with E-state index in [1.807, 2.05) is 52.9 Å². The molecule has 3 heterocycles. The highest BCUT2D eigenvalue weighted by molar-refractivity contribution is 6.05. The number of halogens is 1. The molecule has 5 rings (SSSR count). The number of hydrogen-bond acceptors (Lipinski definition) is 4. The molecular formula is C24H24FN5O. The molecule has 1 amide bonds. The second kappa shape index (κ2) is 7.98. The van der Waals surface area contributed by atoms with Gasteiger partial charge in [-0.2, -0.15) is 5.10 Å². The van der Waals surface area contributed by atoms with Crippen LogP contribution in [0.5, 0.6) is 0 Å². The summed E-state index contributed by atoms with van der Waals surface area (Å²) >= 11 is 0. The first-order valence-electron chi connectivity index (χ1n) is 10.5. The summed E-state index contributed by atoms with van der Waals surface area (Å²) < 4.78 is 15.1. The normalized spacial score (nSPS) is 20.9. The number of piperazine rings is 1. The molecule has 1 saturated heterocycles. The van der Waals surface area contributed by atoms with E-state index in [1.165, 1.54) is 12.1 Å². The van der Waals surface area contributed by atoms with Crippen LogP contribution in [0.4, 0.5) is 15.9 Å². The lowest BCUT2D eigenvalue weighted by Crippen LogP contribution is -2.53. The van der Waals surface area contributed by atoms with Crippen molar-refractivity contribution in [1.82, 2.24) is 14.7 Å². The Kier molecular flexibility index (Phi) is 5.02. The van der Waals surface area contributed by atoms with Gasteiger partial charge in [-0.15, -0.1) is 0 Å². The maximum atomic E-state index is 13.7. The van der Waals surface area contributed by atoms with Gasteiger partial charge in [-0.1, -0.05) is 30.3 Å². The standard InChI is InChI=1S/C24H24FN5O/c1-17-22(23(18-5-3-2-4-6-18)30-21(27-17)11-12-26-30)24(31)29-15-13-28(14-16-29)20-9-7-19(25)8-10-20/h2-12,22-23H,13-16H2,1H3. The smallest absolute Gasteiger partial charge is 0.234 e. The van der Waals surface area contributed by atoms with Crippen LogP contribution in [-0.2, 0) is 4.79 Å². The van der Waals surface area contributed by atoms with Gasteiger partial charge in [0.2, 0.25) is 5.91 Å². The fourth-order valence-corrected chi connectivity index (χ4v) is 4.56. The number of nitrogens with zero attached hydrogens (tertiary/aromatic N) is 5. The van der Waals surface area contributed by atoms with E-state index in [9.17, 15) is 9.18 Å². The van der Waals surface area contributed by atoms with Crippen LogP contribution in [0.2, 0.25) is 0 Å². The second-order valence-corrected chi connectivity index (χ2v) is 8.01. The van der Waals surface area contributed by atoms with Crippen molar-refractivity contribution >= 4 is 23.1 Å². The Labute approximate surface area is 180 Å². The minimum Gasteiger partial charge on any atom is -0.368 e. The predicted octanol–water partition coefficient (Wildman–Crippen LogP) is 3.68. The summed E-state index contributed by atoms with van der Waals surface area (Å²) in [5.74, 6) is 0.216. The highest BCUT2D eigenvalue weighted by Gasteiger charge is 2.40. The van der Waals surface area contributed by atoms with Gasteiger partial charge in [0.05, 0.1) is 12.2 Å². The van der Waals surface area contributed by atoms with Crippen molar-refractivity contribution < 1.29 is 9.18 Å². The lowest BCUT2D eigenvalue weighted by molar-refractivity contribution is -0.134. The summed E-state index contributed by atoms with van der Waals surface area (Å²) in [6, 6.07) is 18.2. The minimum atomic E-state index is -0.396. The number of carbonyl (C=O) groups is 1. The van der Waals surface area contributed by atoms with E-state index in [2.05, 4.69) is 15.0 Å². The summed E-state index contributed by atoms with van der Waals surface area (Å²) in [7, 11) is 0. The summed E-state index contributed by atoms with van der Waals surface area (Å²) in [5.41, 5.74) is 2.84. The van der Waals surface area contributed by atoms with Gasteiger partial charge in [-0.05, 0) is 36.8 Å². The van der Waals surface area contributed by atoms with Crippen LogP contribution in [0.25, 0.3) is 0 Å². The summed E-state index contributed by atoms with van der Waals surface area (Å²) in [4.78, 5) is 22.5. The molecular weight excluding hydrogens is 393 g/mol. The first-order valence-corrected chi connectivity index (χ1v) is 10.5. The van der Waals surface area contributed by atoms with E-state index < -0.39 is 5.92 Å². The molecule has 6 nitrogen and oxygen atoms in total. The number of hydrogen-bond donors (Lipinski definition) is 0. The number of carbonyl (C=O) groups excluding carboxylic acids is 1. The van der Waals surface area contributed by atoms with Crippen LogP contribution in [0.1, 0.15) is 18.5 Å². The van der Waals surface area contributed by atoms with Crippen molar-refractivity contribution in [3.63, 3.8) is 0 Å². The maximum absolute atomic E-state index is 13.7. The molecule has 0 aliphatic carbocycles. The fourth-order valence-electron chi connectivity index (χ4n) is 4.56. The zero-order valence-corrected chi connectivity index (χ0v) is 17.4. The first-order chi connectivity index (χ1) is 15.1. The highest BCUT2D eigenvalue weighted by Crippen LogP contribution is 2.37. The van der Waals surface area contributed by atoms with Gasteiger partial charge in [0, 0.05) is 43.6 Å². The van der Waals surface area contributed by atoms with Gasteiger partial charge in [0.25, 0.3) is 0 Å². The Morgan fingerprint density at radius 2 is 1.68 bits per heavy atom.